The Hall–Kier alpha value is -4.35. The van der Waals surface area contributed by atoms with Gasteiger partial charge in [0.2, 0.25) is 17.6 Å². The molecule has 1 aromatic rings. The van der Waals surface area contributed by atoms with Gasteiger partial charge >= 0.3 is 18.1 Å². The van der Waals surface area contributed by atoms with Crippen LogP contribution < -0.4 is 10.6 Å². The van der Waals surface area contributed by atoms with Gasteiger partial charge in [-0.05, 0) is 48.9 Å². The highest BCUT2D eigenvalue weighted by molar-refractivity contribution is 6.01. The van der Waals surface area contributed by atoms with E-state index in [1.54, 1.807) is 28.5 Å². The first-order valence-corrected chi connectivity index (χ1v) is 17.3. The molecule has 288 valence electrons. The summed E-state index contributed by atoms with van der Waals surface area (Å²) in [5.41, 5.74) is 0.452. The third-order valence-corrected chi connectivity index (χ3v) is 9.48. The van der Waals surface area contributed by atoms with Gasteiger partial charge in [0.15, 0.2) is 0 Å². The van der Waals surface area contributed by atoms with Crippen LogP contribution in [0.3, 0.4) is 0 Å². The number of likely N-dealkylation sites (tertiary alicyclic amines) is 1. The molecule has 3 atom stereocenters. The highest BCUT2D eigenvalue weighted by Crippen LogP contribution is 2.37. The smallest absolute Gasteiger partial charge is 0.378 e. The van der Waals surface area contributed by atoms with E-state index in [2.05, 4.69) is 5.32 Å². The number of piperazine rings is 1. The van der Waals surface area contributed by atoms with Crippen LogP contribution in [0.5, 0.6) is 0 Å². The van der Waals surface area contributed by atoms with Gasteiger partial charge in [-0.3, -0.25) is 24.0 Å². The van der Waals surface area contributed by atoms with Gasteiger partial charge in [-0.25, -0.2) is 4.79 Å². The Labute approximate surface area is 298 Å². The van der Waals surface area contributed by atoms with Crippen molar-refractivity contribution in [2.24, 2.45) is 11.8 Å². The molecular formula is C34H45F5N6O7. The molecule has 3 saturated heterocycles. The molecule has 6 amide bonds. The zero-order valence-electron chi connectivity index (χ0n) is 29.5. The van der Waals surface area contributed by atoms with Crippen LogP contribution in [0.25, 0.3) is 0 Å². The number of urea groups is 1. The molecule has 13 nitrogen and oxygen atoms in total. The van der Waals surface area contributed by atoms with Gasteiger partial charge in [0.05, 0.1) is 19.3 Å². The molecule has 2 unspecified atom stereocenters. The molecular weight excluding hydrogens is 699 g/mol. The second kappa shape index (κ2) is 16.5. The number of nitrogens with one attached hydrogen (secondary N) is 2. The van der Waals surface area contributed by atoms with E-state index in [9.17, 15) is 50.7 Å². The lowest BCUT2D eigenvalue weighted by Gasteiger charge is -2.38. The van der Waals surface area contributed by atoms with Crippen molar-refractivity contribution in [3.8, 4) is 0 Å². The predicted octanol–water partition coefficient (Wildman–Crippen LogP) is 2.55. The molecule has 52 heavy (non-hydrogen) atoms. The number of nitrogens with zero attached hydrogens (tertiary/aromatic N) is 4. The quantitative estimate of drug-likeness (QED) is 0.350. The first-order chi connectivity index (χ1) is 24.3. The molecule has 0 spiro atoms. The van der Waals surface area contributed by atoms with E-state index in [1.165, 1.54) is 38.1 Å². The normalized spacial score (nSPS) is 19.8. The Kier molecular flexibility index (Phi) is 12.9. The highest BCUT2D eigenvalue weighted by atomic mass is 19.4. The molecule has 2 N–H and O–H groups in total. The van der Waals surface area contributed by atoms with E-state index in [4.69, 9.17) is 4.74 Å². The SMILES string of the molecule is CC(C)C(NC(=O)C1CCCN1C(=O)[C@@H](NC(=O)c1ccc(C(=O)N2CCN(C(=O)N3CCOCC3)CC2)cc1)C(C)C)C(=O)C(F)(F)C(F)(F)F. The lowest BCUT2D eigenvalue weighted by Crippen LogP contribution is -2.60. The fraction of sp³-hybridized carbons (Fsp3) is 0.647. The molecule has 0 aromatic heterocycles. The van der Waals surface area contributed by atoms with E-state index in [0.29, 0.717) is 64.5 Å². The standard InChI is InChI=1S/C34H45F5N6O7/c1-20(2)25(27(46)33(35,36)34(37,38)39)40-29(48)24-6-5-11-45(24)31(50)26(21(3)4)41-28(47)22-7-9-23(10-8-22)30(49)42-12-14-43(15-13-42)32(51)44-16-18-52-19-17-44/h7-10,20-21,24-26H,5-6,11-19H2,1-4H3,(H,40,48)(H,41,47)/t24?,25?,26-/m0/s1. The lowest BCUT2D eigenvalue weighted by atomic mass is 9.95. The molecule has 0 saturated carbocycles. The summed E-state index contributed by atoms with van der Waals surface area (Å²) in [4.78, 5) is 84.5. The minimum atomic E-state index is -6.16. The van der Waals surface area contributed by atoms with E-state index in [0.717, 1.165) is 4.90 Å². The third-order valence-electron chi connectivity index (χ3n) is 9.48. The summed E-state index contributed by atoms with van der Waals surface area (Å²) in [6.45, 7) is 9.17. The van der Waals surface area contributed by atoms with Crippen molar-refractivity contribution >= 4 is 35.4 Å². The molecule has 3 fully saturated rings. The van der Waals surface area contributed by atoms with Crippen molar-refractivity contribution in [1.82, 2.24) is 30.2 Å². The highest BCUT2D eigenvalue weighted by Gasteiger charge is 2.65. The number of carbonyl (C=O) groups is 6. The number of rotatable bonds is 10. The number of alkyl halides is 5. The van der Waals surface area contributed by atoms with Crippen LogP contribution in [0.4, 0.5) is 26.7 Å². The average molecular weight is 745 g/mol. The van der Waals surface area contributed by atoms with Crippen LogP contribution in [0.15, 0.2) is 24.3 Å². The summed E-state index contributed by atoms with van der Waals surface area (Å²) in [5.74, 6) is -12.5. The van der Waals surface area contributed by atoms with E-state index in [-0.39, 0.29) is 30.5 Å². The molecule has 0 radical (unpaired) electrons. The number of amides is 6. The summed E-state index contributed by atoms with van der Waals surface area (Å²) < 4.78 is 71.8. The zero-order chi connectivity index (χ0) is 38.5. The van der Waals surface area contributed by atoms with E-state index < -0.39 is 65.6 Å². The second-order valence-electron chi connectivity index (χ2n) is 13.8. The summed E-state index contributed by atoms with van der Waals surface area (Å²) in [6.07, 6.45) is -5.80. The third kappa shape index (κ3) is 8.98. The van der Waals surface area contributed by atoms with Crippen LogP contribution in [0, 0.1) is 11.8 Å². The van der Waals surface area contributed by atoms with Crippen molar-refractivity contribution in [3.05, 3.63) is 35.4 Å². The number of hydrogen-bond donors (Lipinski definition) is 2. The maximum absolute atomic E-state index is 13.9. The topological polar surface area (TPSA) is 149 Å². The number of benzene rings is 1. The van der Waals surface area contributed by atoms with Crippen molar-refractivity contribution in [2.45, 2.75) is 70.8 Å². The minimum absolute atomic E-state index is 0.0431. The fourth-order valence-electron chi connectivity index (χ4n) is 6.34. The van der Waals surface area contributed by atoms with Crippen LogP contribution in [-0.2, 0) is 19.1 Å². The number of halogens is 5. The summed E-state index contributed by atoms with van der Waals surface area (Å²) in [6, 6.07) is 1.11. The Morgan fingerprint density at radius 1 is 0.712 bits per heavy atom. The number of carbonyl (C=O) groups excluding carboxylic acids is 6. The Morgan fingerprint density at radius 3 is 1.77 bits per heavy atom. The molecule has 1 aromatic carbocycles. The largest absolute Gasteiger partial charge is 0.461 e. The van der Waals surface area contributed by atoms with Gasteiger partial charge < -0.3 is 35.0 Å². The summed E-state index contributed by atoms with van der Waals surface area (Å²) in [5, 5.41) is 4.66. The fourth-order valence-corrected chi connectivity index (χ4v) is 6.34. The second-order valence-corrected chi connectivity index (χ2v) is 13.8. The maximum atomic E-state index is 13.9. The summed E-state index contributed by atoms with van der Waals surface area (Å²) >= 11 is 0. The monoisotopic (exact) mass is 744 g/mol. The van der Waals surface area contributed by atoms with Crippen LogP contribution >= 0.6 is 0 Å². The molecule has 0 bridgehead atoms. The van der Waals surface area contributed by atoms with Crippen molar-refractivity contribution < 1.29 is 55.5 Å². The van der Waals surface area contributed by atoms with Crippen LogP contribution in [0.1, 0.15) is 61.3 Å². The molecule has 3 aliphatic rings. The van der Waals surface area contributed by atoms with Crippen molar-refractivity contribution in [1.29, 1.82) is 0 Å². The van der Waals surface area contributed by atoms with Gasteiger partial charge in [-0.2, -0.15) is 22.0 Å². The molecule has 3 aliphatic heterocycles. The predicted molar refractivity (Wildman–Crippen MR) is 175 cm³/mol. The van der Waals surface area contributed by atoms with Gasteiger partial charge in [0, 0.05) is 56.9 Å². The molecule has 4 rings (SSSR count). The first-order valence-electron chi connectivity index (χ1n) is 17.3. The Balaban J connectivity index is 1.36. The number of morpholine rings is 1. The van der Waals surface area contributed by atoms with E-state index in [1.807, 2.05) is 5.32 Å². The van der Waals surface area contributed by atoms with Crippen LogP contribution in [-0.4, -0.2) is 144 Å². The molecule has 3 heterocycles. The van der Waals surface area contributed by atoms with Gasteiger partial charge in [-0.1, -0.05) is 27.7 Å². The average Bonchev–Trinajstić information content (AvgIpc) is 3.62. The van der Waals surface area contributed by atoms with Gasteiger partial charge in [0.25, 0.3) is 11.8 Å². The maximum Gasteiger partial charge on any atom is 0.461 e. The zero-order valence-corrected chi connectivity index (χ0v) is 29.5. The molecule has 18 heteroatoms. The van der Waals surface area contributed by atoms with Gasteiger partial charge in [0.1, 0.15) is 12.1 Å². The van der Waals surface area contributed by atoms with Crippen LogP contribution in [0.2, 0.25) is 0 Å². The van der Waals surface area contributed by atoms with Crippen molar-refractivity contribution in [2.75, 3.05) is 59.0 Å². The van der Waals surface area contributed by atoms with E-state index >= 15 is 0 Å². The van der Waals surface area contributed by atoms with Gasteiger partial charge in [-0.15, -0.1) is 0 Å². The Morgan fingerprint density at radius 2 is 1.23 bits per heavy atom. The molecule has 0 aliphatic carbocycles. The summed E-state index contributed by atoms with van der Waals surface area (Å²) in [7, 11) is 0. The Bertz CT molecular complexity index is 1490. The number of hydrogen-bond acceptors (Lipinski definition) is 7. The first kappa shape index (κ1) is 40.4. The lowest BCUT2D eigenvalue weighted by molar-refractivity contribution is -0.270. The number of Topliss-reactive ketones (excluding diaryl/α,β-unsaturated/α-hetero) is 1. The van der Waals surface area contributed by atoms with Crippen molar-refractivity contribution in [3.63, 3.8) is 0 Å². The number of ether oxygens (including phenoxy) is 1. The minimum Gasteiger partial charge on any atom is -0.378 e. The number of ketones is 1.